The Bertz CT molecular complexity index is 757. The monoisotopic (exact) mass is 287 g/mol. The van der Waals surface area contributed by atoms with Crippen LogP contribution in [0.1, 0.15) is 28.2 Å². The number of terminal acetylenes is 1. The average molecular weight is 287 g/mol. The van der Waals surface area contributed by atoms with Crippen LogP contribution >= 0.6 is 0 Å². The number of nitrogens with one attached hydrogen (secondary N) is 1. The third-order valence-corrected chi connectivity index (χ3v) is 2.92. The van der Waals surface area contributed by atoms with Crippen LogP contribution in [-0.4, -0.2) is 33.2 Å². The Labute approximate surface area is 120 Å². The van der Waals surface area contributed by atoms with E-state index in [0.717, 1.165) is 0 Å². The van der Waals surface area contributed by atoms with E-state index in [2.05, 4.69) is 21.4 Å². The quantitative estimate of drug-likeness (QED) is 0.814. The lowest BCUT2D eigenvalue weighted by Crippen LogP contribution is -2.40. The SMILES string of the molecule is C#CCC(NC(=O)c1cc(C)nc2onc(C)c12)C(=O)O. The highest BCUT2D eigenvalue weighted by Gasteiger charge is 2.23. The minimum Gasteiger partial charge on any atom is -0.480 e. The molecule has 7 nitrogen and oxygen atoms in total. The second-order valence-electron chi connectivity index (χ2n) is 4.53. The first kappa shape index (κ1) is 14.5. The molecule has 0 spiro atoms. The van der Waals surface area contributed by atoms with Crippen molar-refractivity contribution in [3.05, 3.63) is 23.0 Å². The van der Waals surface area contributed by atoms with Gasteiger partial charge in [0.2, 0.25) is 0 Å². The summed E-state index contributed by atoms with van der Waals surface area (Å²) in [5, 5.41) is 15.6. The molecule has 0 aromatic carbocycles. The molecule has 0 aliphatic heterocycles. The molecule has 0 saturated heterocycles. The molecule has 2 rings (SSSR count). The van der Waals surface area contributed by atoms with Crippen LogP contribution in [0.5, 0.6) is 0 Å². The molecule has 2 heterocycles. The smallest absolute Gasteiger partial charge is 0.327 e. The van der Waals surface area contributed by atoms with Gasteiger partial charge in [0.25, 0.3) is 11.6 Å². The summed E-state index contributed by atoms with van der Waals surface area (Å²) in [5.74, 6) is 0.477. The number of aromatic nitrogens is 2. The third-order valence-electron chi connectivity index (χ3n) is 2.92. The summed E-state index contributed by atoms with van der Waals surface area (Å²) in [5.41, 5.74) is 1.57. The molecule has 0 saturated carbocycles. The number of rotatable bonds is 4. The van der Waals surface area contributed by atoms with E-state index in [0.29, 0.717) is 16.8 Å². The zero-order chi connectivity index (χ0) is 15.6. The first-order chi connectivity index (χ1) is 9.93. The van der Waals surface area contributed by atoms with Crippen LogP contribution in [0.3, 0.4) is 0 Å². The maximum atomic E-state index is 12.3. The molecule has 0 bridgehead atoms. The molecule has 0 radical (unpaired) electrons. The van der Waals surface area contributed by atoms with Gasteiger partial charge in [0.1, 0.15) is 6.04 Å². The summed E-state index contributed by atoms with van der Waals surface area (Å²) in [6.07, 6.45) is 5.00. The number of pyridine rings is 1. The lowest BCUT2D eigenvalue weighted by Gasteiger charge is -2.12. The van der Waals surface area contributed by atoms with E-state index < -0.39 is 17.9 Å². The van der Waals surface area contributed by atoms with Crippen LogP contribution in [0.2, 0.25) is 0 Å². The number of hydrogen-bond donors (Lipinski definition) is 2. The Hall–Kier alpha value is -2.88. The fraction of sp³-hybridized carbons (Fsp3) is 0.286. The van der Waals surface area contributed by atoms with E-state index >= 15 is 0 Å². The first-order valence-electron chi connectivity index (χ1n) is 6.14. The predicted octanol–water partition coefficient (Wildman–Crippen LogP) is 1.05. The molecule has 1 atom stereocenters. The Balaban J connectivity index is 2.41. The highest BCUT2D eigenvalue weighted by atomic mass is 16.5. The lowest BCUT2D eigenvalue weighted by molar-refractivity contribution is -0.139. The van der Waals surface area contributed by atoms with Crippen molar-refractivity contribution in [2.45, 2.75) is 26.3 Å². The Morgan fingerprint density at radius 3 is 2.86 bits per heavy atom. The second kappa shape index (κ2) is 5.63. The molecule has 1 amide bonds. The number of amides is 1. The van der Waals surface area contributed by atoms with E-state index in [1.807, 2.05) is 0 Å². The fourth-order valence-electron chi connectivity index (χ4n) is 1.95. The van der Waals surface area contributed by atoms with Gasteiger partial charge in [-0.3, -0.25) is 4.79 Å². The summed E-state index contributed by atoms with van der Waals surface area (Å²) < 4.78 is 5.03. The number of carbonyl (C=O) groups excluding carboxylic acids is 1. The third kappa shape index (κ3) is 2.84. The number of fused-ring (bicyclic) bond motifs is 1. The van der Waals surface area contributed by atoms with Gasteiger partial charge < -0.3 is 14.9 Å². The largest absolute Gasteiger partial charge is 0.480 e. The van der Waals surface area contributed by atoms with Crippen molar-refractivity contribution in [2.75, 3.05) is 0 Å². The second-order valence-corrected chi connectivity index (χ2v) is 4.53. The normalized spacial score (nSPS) is 11.9. The van der Waals surface area contributed by atoms with Gasteiger partial charge in [-0.15, -0.1) is 12.3 Å². The number of hydrogen-bond acceptors (Lipinski definition) is 5. The molecule has 2 aromatic heterocycles. The van der Waals surface area contributed by atoms with Crippen LogP contribution < -0.4 is 5.32 Å². The molecule has 0 fully saturated rings. The van der Waals surface area contributed by atoms with Gasteiger partial charge in [-0.2, -0.15) is 0 Å². The molecule has 2 aromatic rings. The van der Waals surface area contributed by atoms with E-state index in [4.69, 9.17) is 16.1 Å². The minimum atomic E-state index is -1.19. The number of aryl methyl sites for hydroxylation is 2. The van der Waals surface area contributed by atoms with Gasteiger partial charge in [0.05, 0.1) is 16.6 Å². The van der Waals surface area contributed by atoms with Crippen LogP contribution in [0, 0.1) is 26.2 Å². The highest BCUT2D eigenvalue weighted by Crippen LogP contribution is 2.21. The summed E-state index contributed by atoms with van der Waals surface area (Å²) >= 11 is 0. The standard InChI is InChI=1S/C14H13N3O4/c1-4-5-10(14(19)20)16-12(18)9-6-7(2)15-13-11(9)8(3)17-21-13/h1,6,10H,5H2,2-3H3,(H,16,18)(H,19,20). The van der Waals surface area contributed by atoms with Gasteiger partial charge in [-0.25, -0.2) is 9.78 Å². The van der Waals surface area contributed by atoms with Gasteiger partial charge in [-0.05, 0) is 19.9 Å². The average Bonchev–Trinajstić information content (AvgIpc) is 2.78. The molecular weight excluding hydrogens is 274 g/mol. The minimum absolute atomic E-state index is 0.100. The predicted molar refractivity (Wildman–Crippen MR) is 73.6 cm³/mol. The van der Waals surface area contributed by atoms with Gasteiger partial charge >= 0.3 is 5.97 Å². The zero-order valence-electron chi connectivity index (χ0n) is 11.5. The summed E-state index contributed by atoms with van der Waals surface area (Å²) in [6.45, 7) is 3.37. The van der Waals surface area contributed by atoms with Crippen LogP contribution in [0.4, 0.5) is 0 Å². The van der Waals surface area contributed by atoms with Crippen molar-refractivity contribution >= 4 is 23.0 Å². The Morgan fingerprint density at radius 2 is 2.24 bits per heavy atom. The summed E-state index contributed by atoms with van der Waals surface area (Å²) in [4.78, 5) is 27.5. The summed E-state index contributed by atoms with van der Waals surface area (Å²) in [7, 11) is 0. The number of carboxylic acids is 1. The van der Waals surface area contributed by atoms with Crippen molar-refractivity contribution in [1.29, 1.82) is 0 Å². The topological polar surface area (TPSA) is 105 Å². The van der Waals surface area contributed by atoms with E-state index in [1.54, 1.807) is 19.9 Å². The number of aliphatic carboxylic acids is 1. The van der Waals surface area contributed by atoms with Crippen LogP contribution in [0.15, 0.2) is 10.6 Å². The van der Waals surface area contributed by atoms with Crippen molar-refractivity contribution in [1.82, 2.24) is 15.5 Å². The van der Waals surface area contributed by atoms with E-state index in [1.165, 1.54) is 0 Å². The van der Waals surface area contributed by atoms with Crippen molar-refractivity contribution in [3.63, 3.8) is 0 Å². The molecular formula is C14H13N3O4. The lowest BCUT2D eigenvalue weighted by atomic mass is 10.1. The van der Waals surface area contributed by atoms with Crippen LogP contribution in [0.25, 0.3) is 11.1 Å². The molecule has 7 heteroatoms. The molecule has 0 aliphatic carbocycles. The van der Waals surface area contributed by atoms with Crippen molar-refractivity contribution in [2.24, 2.45) is 0 Å². The van der Waals surface area contributed by atoms with E-state index in [-0.39, 0.29) is 17.7 Å². The molecule has 2 N–H and O–H groups in total. The van der Waals surface area contributed by atoms with Crippen molar-refractivity contribution in [3.8, 4) is 12.3 Å². The Kier molecular flexibility index (Phi) is 3.89. The van der Waals surface area contributed by atoms with Gasteiger partial charge in [0, 0.05) is 12.1 Å². The Morgan fingerprint density at radius 1 is 1.52 bits per heavy atom. The first-order valence-corrected chi connectivity index (χ1v) is 6.14. The number of nitrogens with zero attached hydrogens (tertiary/aromatic N) is 2. The van der Waals surface area contributed by atoms with E-state index in [9.17, 15) is 9.59 Å². The maximum absolute atomic E-state index is 12.3. The van der Waals surface area contributed by atoms with Crippen LogP contribution in [-0.2, 0) is 4.79 Å². The molecule has 0 aliphatic rings. The zero-order valence-corrected chi connectivity index (χ0v) is 11.5. The number of carboxylic acid groups (broad SMARTS) is 1. The fourth-order valence-corrected chi connectivity index (χ4v) is 1.95. The number of carbonyl (C=O) groups is 2. The summed E-state index contributed by atoms with van der Waals surface area (Å²) in [6, 6.07) is 0.405. The molecule has 108 valence electrons. The van der Waals surface area contributed by atoms with Crippen molar-refractivity contribution < 1.29 is 19.2 Å². The molecule has 1 unspecified atom stereocenters. The molecule has 21 heavy (non-hydrogen) atoms. The maximum Gasteiger partial charge on any atom is 0.327 e. The van der Waals surface area contributed by atoms with Gasteiger partial charge in [-0.1, -0.05) is 5.16 Å². The highest BCUT2D eigenvalue weighted by molar-refractivity contribution is 6.07. The van der Waals surface area contributed by atoms with Gasteiger partial charge in [0.15, 0.2) is 0 Å².